The minimum absolute atomic E-state index is 0.0852. The van der Waals surface area contributed by atoms with E-state index in [1.165, 1.54) is 0 Å². The van der Waals surface area contributed by atoms with Gasteiger partial charge in [-0.2, -0.15) is 0 Å². The molecule has 0 amide bonds. The minimum atomic E-state index is 0.0852. The predicted octanol–water partition coefficient (Wildman–Crippen LogP) is 3.07. The molecular weight excluding hydrogens is 222 g/mol. The molecule has 88 valence electrons. The number of ether oxygens (including phenoxy) is 1. The molecule has 1 heterocycles. The van der Waals surface area contributed by atoms with Crippen molar-refractivity contribution in [3.8, 4) is 0 Å². The summed E-state index contributed by atoms with van der Waals surface area (Å²) in [5.41, 5.74) is 8.52. The topological polar surface area (TPSA) is 35.2 Å². The highest BCUT2D eigenvalue weighted by molar-refractivity contribution is 6.31. The van der Waals surface area contributed by atoms with E-state index in [9.17, 15) is 0 Å². The van der Waals surface area contributed by atoms with Crippen LogP contribution >= 0.6 is 11.6 Å². The molecule has 1 fully saturated rings. The third-order valence-electron chi connectivity index (χ3n) is 3.35. The fraction of sp³-hybridized carbons (Fsp3) is 0.538. The van der Waals surface area contributed by atoms with E-state index in [4.69, 9.17) is 22.1 Å². The Balaban J connectivity index is 2.12. The van der Waals surface area contributed by atoms with Crippen LogP contribution in [0.5, 0.6) is 0 Å². The zero-order chi connectivity index (χ0) is 11.5. The molecule has 0 aliphatic carbocycles. The molecule has 1 aliphatic rings. The quantitative estimate of drug-likeness (QED) is 0.861. The van der Waals surface area contributed by atoms with Crippen molar-refractivity contribution in [2.75, 3.05) is 13.2 Å². The lowest BCUT2D eigenvalue weighted by atomic mass is 9.87. The molecule has 1 saturated heterocycles. The van der Waals surface area contributed by atoms with Gasteiger partial charge in [0, 0.05) is 24.3 Å². The zero-order valence-electron chi connectivity index (χ0n) is 9.58. The van der Waals surface area contributed by atoms with Crippen molar-refractivity contribution in [1.82, 2.24) is 0 Å². The summed E-state index contributed by atoms with van der Waals surface area (Å²) in [6.07, 6.45) is 2.10. The Morgan fingerprint density at radius 3 is 2.69 bits per heavy atom. The summed E-state index contributed by atoms with van der Waals surface area (Å²) >= 11 is 6.12. The van der Waals surface area contributed by atoms with Crippen molar-refractivity contribution in [3.05, 3.63) is 34.3 Å². The highest BCUT2D eigenvalue weighted by atomic mass is 35.5. The number of hydrogen-bond donors (Lipinski definition) is 1. The van der Waals surface area contributed by atoms with Crippen LogP contribution in [0.25, 0.3) is 0 Å². The van der Waals surface area contributed by atoms with Crippen molar-refractivity contribution in [2.24, 2.45) is 11.7 Å². The average Bonchev–Trinajstić information content (AvgIpc) is 2.33. The minimum Gasteiger partial charge on any atom is -0.381 e. The molecule has 2 rings (SSSR count). The molecule has 0 radical (unpaired) electrons. The fourth-order valence-corrected chi connectivity index (χ4v) is 2.35. The van der Waals surface area contributed by atoms with E-state index in [-0.39, 0.29) is 6.04 Å². The van der Waals surface area contributed by atoms with Crippen LogP contribution in [0, 0.1) is 12.8 Å². The van der Waals surface area contributed by atoms with Crippen LogP contribution in [0.1, 0.15) is 30.0 Å². The van der Waals surface area contributed by atoms with Gasteiger partial charge in [-0.25, -0.2) is 0 Å². The molecule has 0 unspecified atom stereocenters. The summed E-state index contributed by atoms with van der Waals surface area (Å²) < 4.78 is 5.35. The predicted molar refractivity (Wildman–Crippen MR) is 66.7 cm³/mol. The molecular formula is C13H18ClNO. The average molecular weight is 240 g/mol. The molecule has 0 saturated carbocycles. The first-order chi connectivity index (χ1) is 7.68. The van der Waals surface area contributed by atoms with Crippen molar-refractivity contribution < 1.29 is 4.74 Å². The van der Waals surface area contributed by atoms with Gasteiger partial charge in [0.15, 0.2) is 0 Å². The standard InChI is InChI=1S/C13H18ClNO/c1-9-2-3-11(8-12(9)14)13(15)10-4-6-16-7-5-10/h2-3,8,10,13H,4-7,15H2,1H3/t13-/m1/s1. The van der Waals surface area contributed by atoms with Crippen LogP contribution in [0.2, 0.25) is 5.02 Å². The maximum atomic E-state index is 6.27. The van der Waals surface area contributed by atoms with Gasteiger partial charge in [-0.1, -0.05) is 23.7 Å². The van der Waals surface area contributed by atoms with Crippen molar-refractivity contribution in [3.63, 3.8) is 0 Å². The van der Waals surface area contributed by atoms with Crippen molar-refractivity contribution >= 4 is 11.6 Å². The van der Waals surface area contributed by atoms with Gasteiger partial charge in [-0.05, 0) is 42.9 Å². The van der Waals surface area contributed by atoms with E-state index in [1.807, 2.05) is 19.1 Å². The molecule has 2 nitrogen and oxygen atoms in total. The second-order valence-electron chi connectivity index (χ2n) is 4.48. The number of nitrogens with two attached hydrogens (primary N) is 1. The third-order valence-corrected chi connectivity index (χ3v) is 3.76. The molecule has 1 aromatic carbocycles. The maximum Gasteiger partial charge on any atom is 0.0469 e. The first-order valence-corrected chi connectivity index (χ1v) is 6.15. The summed E-state index contributed by atoms with van der Waals surface area (Å²) in [5, 5.41) is 0.806. The van der Waals surface area contributed by atoms with Gasteiger partial charge < -0.3 is 10.5 Å². The SMILES string of the molecule is Cc1ccc([C@H](N)C2CCOCC2)cc1Cl. The lowest BCUT2D eigenvalue weighted by Gasteiger charge is -2.28. The Morgan fingerprint density at radius 2 is 2.06 bits per heavy atom. The molecule has 3 heteroatoms. The second kappa shape index (κ2) is 5.17. The number of hydrogen-bond acceptors (Lipinski definition) is 2. The van der Waals surface area contributed by atoms with Gasteiger partial charge in [0.1, 0.15) is 0 Å². The highest BCUT2D eigenvalue weighted by Crippen LogP contribution is 2.30. The maximum absolute atomic E-state index is 6.27. The highest BCUT2D eigenvalue weighted by Gasteiger charge is 2.22. The largest absolute Gasteiger partial charge is 0.381 e. The van der Waals surface area contributed by atoms with E-state index >= 15 is 0 Å². The van der Waals surface area contributed by atoms with Crippen LogP contribution in [-0.4, -0.2) is 13.2 Å². The Bertz CT molecular complexity index is 361. The van der Waals surface area contributed by atoms with Crippen LogP contribution in [0.3, 0.4) is 0 Å². The third kappa shape index (κ3) is 2.57. The summed E-state index contributed by atoms with van der Waals surface area (Å²) in [5.74, 6) is 0.521. The van der Waals surface area contributed by atoms with Crippen LogP contribution in [0.4, 0.5) is 0 Å². The zero-order valence-corrected chi connectivity index (χ0v) is 10.3. The lowest BCUT2D eigenvalue weighted by Crippen LogP contribution is -2.27. The number of aryl methyl sites for hydroxylation is 1. The Kier molecular flexibility index (Phi) is 3.85. The summed E-state index contributed by atoms with van der Waals surface area (Å²) in [7, 11) is 0. The number of halogens is 1. The Labute approximate surface area is 102 Å². The van der Waals surface area contributed by atoms with E-state index in [2.05, 4.69) is 6.07 Å². The van der Waals surface area contributed by atoms with Gasteiger partial charge >= 0.3 is 0 Å². The second-order valence-corrected chi connectivity index (χ2v) is 4.89. The smallest absolute Gasteiger partial charge is 0.0469 e. The molecule has 1 aliphatic heterocycles. The van der Waals surface area contributed by atoms with Gasteiger partial charge in [0.25, 0.3) is 0 Å². The summed E-state index contributed by atoms with van der Waals surface area (Å²) in [6.45, 7) is 3.67. The van der Waals surface area contributed by atoms with Crippen LogP contribution in [0.15, 0.2) is 18.2 Å². The first kappa shape index (κ1) is 11.9. The molecule has 1 aromatic rings. The molecule has 1 atom stereocenters. The summed E-state index contributed by atoms with van der Waals surface area (Å²) in [4.78, 5) is 0. The van der Waals surface area contributed by atoms with Gasteiger partial charge in [0.2, 0.25) is 0 Å². The molecule has 0 aromatic heterocycles. The fourth-order valence-electron chi connectivity index (χ4n) is 2.16. The van der Waals surface area contributed by atoms with Crippen LogP contribution in [-0.2, 0) is 4.74 Å². The van der Waals surface area contributed by atoms with Crippen molar-refractivity contribution in [2.45, 2.75) is 25.8 Å². The number of benzene rings is 1. The Morgan fingerprint density at radius 1 is 1.38 bits per heavy atom. The first-order valence-electron chi connectivity index (χ1n) is 5.78. The monoisotopic (exact) mass is 239 g/mol. The Hall–Kier alpha value is -0.570. The molecule has 2 N–H and O–H groups in total. The van der Waals surface area contributed by atoms with E-state index in [1.54, 1.807) is 0 Å². The number of rotatable bonds is 2. The summed E-state index contributed by atoms with van der Waals surface area (Å²) in [6, 6.07) is 6.21. The lowest BCUT2D eigenvalue weighted by molar-refractivity contribution is 0.0584. The molecule has 16 heavy (non-hydrogen) atoms. The van der Waals surface area contributed by atoms with E-state index < -0.39 is 0 Å². The van der Waals surface area contributed by atoms with E-state index in [0.29, 0.717) is 5.92 Å². The van der Waals surface area contributed by atoms with Crippen LogP contribution < -0.4 is 5.73 Å². The molecule has 0 spiro atoms. The molecule has 0 bridgehead atoms. The van der Waals surface area contributed by atoms with Gasteiger partial charge in [-0.15, -0.1) is 0 Å². The van der Waals surface area contributed by atoms with Crippen molar-refractivity contribution in [1.29, 1.82) is 0 Å². The van der Waals surface area contributed by atoms with Gasteiger partial charge in [0.05, 0.1) is 0 Å². The van der Waals surface area contributed by atoms with Gasteiger partial charge in [-0.3, -0.25) is 0 Å². The normalized spacial score (nSPS) is 19.7. The van der Waals surface area contributed by atoms with E-state index in [0.717, 1.165) is 42.2 Å².